The molecule has 0 saturated carbocycles. The van der Waals surface area contributed by atoms with Crippen LogP contribution in [0.5, 0.6) is 5.75 Å². The molecule has 0 radical (unpaired) electrons. The van der Waals surface area contributed by atoms with Crippen molar-refractivity contribution in [2.75, 3.05) is 17.7 Å². The van der Waals surface area contributed by atoms with Crippen LogP contribution in [0.3, 0.4) is 0 Å². The zero-order chi connectivity index (χ0) is 33.8. The molecule has 3 amide bonds. The average Bonchev–Trinajstić information content (AvgIpc) is 3.60. The molecule has 6 rings (SSSR count). The van der Waals surface area contributed by atoms with E-state index in [1.807, 2.05) is 54.6 Å². The van der Waals surface area contributed by atoms with E-state index in [4.69, 9.17) is 9.84 Å². The van der Waals surface area contributed by atoms with E-state index in [2.05, 4.69) is 67.5 Å². The van der Waals surface area contributed by atoms with Gasteiger partial charge in [-0.1, -0.05) is 62.7 Å². The van der Waals surface area contributed by atoms with Gasteiger partial charge in [0.15, 0.2) is 0 Å². The maximum Gasteiger partial charge on any atom is 0.324 e. The van der Waals surface area contributed by atoms with Crippen LogP contribution in [-0.2, 0) is 23.1 Å². The minimum atomic E-state index is -0.308. The summed E-state index contributed by atoms with van der Waals surface area (Å²) < 4.78 is 7.05. The number of methoxy groups -OCH3 is 1. The number of aryl methyl sites for hydroxylation is 2. The van der Waals surface area contributed by atoms with Gasteiger partial charge in [-0.2, -0.15) is 5.10 Å². The number of hydrogen-bond donors (Lipinski definition) is 2. The van der Waals surface area contributed by atoms with Gasteiger partial charge in [0, 0.05) is 35.7 Å². The van der Waals surface area contributed by atoms with Crippen molar-refractivity contribution in [1.29, 1.82) is 0 Å². The number of ether oxygens (including phenoxy) is 1. The topological polar surface area (TPSA) is 88.5 Å². The highest BCUT2D eigenvalue weighted by atomic mass is 16.5. The van der Waals surface area contributed by atoms with Gasteiger partial charge in [-0.3, -0.25) is 10.1 Å². The Morgan fingerprint density at radius 1 is 0.896 bits per heavy atom. The van der Waals surface area contributed by atoms with Gasteiger partial charge in [0.1, 0.15) is 11.6 Å². The predicted octanol–water partition coefficient (Wildman–Crippen LogP) is 8.47. The zero-order valence-corrected chi connectivity index (χ0v) is 29.0. The first-order valence-electron chi connectivity index (χ1n) is 17.3. The maximum absolute atomic E-state index is 13.3. The first kappa shape index (κ1) is 33.3. The molecule has 252 valence electrons. The number of carbonyl (C=O) groups excluding carboxylic acids is 2. The van der Waals surface area contributed by atoms with Gasteiger partial charge in [-0.25, -0.2) is 9.48 Å². The first-order chi connectivity index (χ1) is 23.1. The van der Waals surface area contributed by atoms with Gasteiger partial charge in [0.2, 0.25) is 5.91 Å². The summed E-state index contributed by atoms with van der Waals surface area (Å²) in [6, 6.07) is 26.7. The van der Waals surface area contributed by atoms with Crippen molar-refractivity contribution >= 4 is 23.4 Å². The lowest BCUT2D eigenvalue weighted by Gasteiger charge is -2.39. The van der Waals surface area contributed by atoms with E-state index in [1.54, 1.807) is 11.8 Å². The lowest BCUT2D eigenvalue weighted by molar-refractivity contribution is -0.136. The molecule has 0 aliphatic carbocycles. The van der Waals surface area contributed by atoms with Crippen molar-refractivity contribution in [3.8, 4) is 11.4 Å². The number of piperidine rings is 1. The monoisotopic (exact) mass is 647 g/mol. The summed E-state index contributed by atoms with van der Waals surface area (Å²) in [6.07, 6.45) is 7.59. The number of nitrogens with zero attached hydrogens (tertiary/aromatic N) is 3. The molecule has 2 unspecified atom stereocenters. The van der Waals surface area contributed by atoms with Crippen LogP contribution in [-0.4, -0.2) is 45.8 Å². The molecule has 2 saturated heterocycles. The van der Waals surface area contributed by atoms with Crippen LogP contribution >= 0.6 is 0 Å². The highest BCUT2D eigenvalue weighted by molar-refractivity contribution is 5.99. The summed E-state index contributed by atoms with van der Waals surface area (Å²) in [5.41, 5.74) is 5.99. The smallest absolute Gasteiger partial charge is 0.324 e. The lowest BCUT2D eigenvalue weighted by atomic mass is 9.85. The molecule has 8 heteroatoms. The molecule has 3 heterocycles. The van der Waals surface area contributed by atoms with E-state index in [9.17, 15) is 9.59 Å². The van der Waals surface area contributed by atoms with Crippen LogP contribution in [0.1, 0.15) is 81.7 Å². The molecular formula is C40H49N5O3. The van der Waals surface area contributed by atoms with Crippen molar-refractivity contribution in [3.05, 3.63) is 101 Å². The second kappa shape index (κ2) is 14.3. The van der Waals surface area contributed by atoms with E-state index in [0.29, 0.717) is 36.1 Å². The van der Waals surface area contributed by atoms with Crippen molar-refractivity contribution in [3.63, 3.8) is 0 Å². The van der Waals surface area contributed by atoms with Crippen molar-refractivity contribution in [2.24, 2.45) is 5.92 Å². The van der Waals surface area contributed by atoms with Gasteiger partial charge in [-0.15, -0.1) is 0 Å². The fourth-order valence-electron chi connectivity index (χ4n) is 7.34. The van der Waals surface area contributed by atoms with Gasteiger partial charge in [0.25, 0.3) is 0 Å². The van der Waals surface area contributed by atoms with Crippen LogP contribution in [0.15, 0.2) is 78.9 Å². The molecule has 2 atom stereocenters. The van der Waals surface area contributed by atoms with E-state index in [-0.39, 0.29) is 11.4 Å². The number of rotatable bonds is 10. The molecule has 2 bridgehead atoms. The minimum Gasteiger partial charge on any atom is -0.497 e. The van der Waals surface area contributed by atoms with E-state index < -0.39 is 0 Å². The minimum absolute atomic E-state index is 0.169. The highest BCUT2D eigenvalue weighted by Gasteiger charge is 2.42. The van der Waals surface area contributed by atoms with Crippen LogP contribution in [0.25, 0.3) is 5.69 Å². The number of nitrogens with one attached hydrogen (secondary N) is 2. The van der Waals surface area contributed by atoms with E-state index >= 15 is 0 Å². The highest BCUT2D eigenvalue weighted by Crippen LogP contribution is 2.40. The van der Waals surface area contributed by atoms with Gasteiger partial charge >= 0.3 is 6.03 Å². The number of urea groups is 1. The van der Waals surface area contributed by atoms with Crippen LogP contribution in [0.2, 0.25) is 0 Å². The zero-order valence-electron chi connectivity index (χ0n) is 29.0. The van der Waals surface area contributed by atoms with Gasteiger partial charge < -0.3 is 15.0 Å². The summed E-state index contributed by atoms with van der Waals surface area (Å²) in [6.45, 7) is 8.39. The Kier molecular flexibility index (Phi) is 9.90. The molecule has 2 aliphatic heterocycles. The summed E-state index contributed by atoms with van der Waals surface area (Å²) >= 11 is 0. The predicted molar refractivity (Wildman–Crippen MR) is 192 cm³/mol. The SMILES string of the molecule is COc1ccc(CCCC(=O)N2C3CCC2CC(Cc2cccc(NC(=O)Nc4cc(C(C)(C)C)nn4-c4ccc(C)cc4)c2)C3)cc1. The largest absolute Gasteiger partial charge is 0.497 e. The van der Waals surface area contributed by atoms with Crippen LogP contribution < -0.4 is 15.4 Å². The molecule has 8 nitrogen and oxygen atoms in total. The Hall–Kier alpha value is -4.59. The van der Waals surface area contributed by atoms with Crippen LogP contribution in [0.4, 0.5) is 16.3 Å². The normalized spacial score (nSPS) is 18.9. The molecule has 2 fully saturated rings. The van der Waals surface area contributed by atoms with Crippen molar-refractivity contribution in [2.45, 2.75) is 96.6 Å². The Balaban J connectivity index is 1.03. The Morgan fingerprint density at radius 2 is 1.60 bits per heavy atom. The Bertz CT molecular complexity index is 1710. The molecule has 4 aromatic rings. The molecule has 48 heavy (non-hydrogen) atoms. The summed E-state index contributed by atoms with van der Waals surface area (Å²) in [4.78, 5) is 28.8. The molecule has 1 aromatic heterocycles. The third-order valence-electron chi connectivity index (χ3n) is 9.84. The fraction of sp³-hybridized carbons (Fsp3) is 0.425. The van der Waals surface area contributed by atoms with Gasteiger partial charge in [-0.05, 0) is 105 Å². The number of fused-ring (bicyclic) bond motifs is 2. The number of hydrogen-bond acceptors (Lipinski definition) is 4. The average molecular weight is 648 g/mol. The standard InChI is InChI=1S/C40H49N5O3/c1-27-12-16-32(17-13-27)45-37(26-36(43-45)40(2,3)4)42-39(47)41-31-10-6-9-29(23-31)22-30-24-33-18-19-34(25-30)44(33)38(46)11-7-8-28-14-20-35(48-5)21-15-28/h6,9-10,12-17,20-21,23,26,30,33-34H,7-8,11,18-19,22,24-25H2,1-5H3,(H2,41,42,47). The molecule has 0 spiro atoms. The maximum atomic E-state index is 13.3. The third kappa shape index (κ3) is 7.92. The third-order valence-corrected chi connectivity index (χ3v) is 9.84. The van der Waals surface area contributed by atoms with Crippen LogP contribution in [0, 0.1) is 12.8 Å². The molecule has 2 N–H and O–H groups in total. The Morgan fingerprint density at radius 3 is 2.27 bits per heavy atom. The molecular weight excluding hydrogens is 598 g/mol. The first-order valence-corrected chi connectivity index (χ1v) is 17.3. The fourth-order valence-corrected chi connectivity index (χ4v) is 7.34. The van der Waals surface area contributed by atoms with Gasteiger partial charge in [0.05, 0.1) is 18.5 Å². The quantitative estimate of drug-likeness (QED) is 0.181. The Labute approximate surface area is 284 Å². The summed E-state index contributed by atoms with van der Waals surface area (Å²) in [5.74, 6) is 2.31. The van der Waals surface area contributed by atoms with Crippen molar-refractivity contribution < 1.29 is 14.3 Å². The number of benzene rings is 3. The number of carbonyl (C=O) groups is 2. The van der Waals surface area contributed by atoms with Crippen molar-refractivity contribution in [1.82, 2.24) is 14.7 Å². The number of anilines is 2. The molecule has 3 aromatic carbocycles. The van der Waals surface area contributed by atoms with E-state index in [0.717, 1.165) is 73.3 Å². The number of amides is 3. The van der Waals surface area contributed by atoms with E-state index in [1.165, 1.54) is 11.1 Å². The second-order valence-electron chi connectivity index (χ2n) is 14.6. The lowest BCUT2D eigenvalue weighted by Crippen LogP contribution is -2.46. The molecule has 2 aliphatic rings. The second-order valence-corrected chi connectivity index (χ2v) is 14.6. The summed E-state index contributed by atoms with van der Waals surface area (Å²) in [7, 11) is 1.68. The summed E-state index contributed by atoms with van der Waals surface area (Å²) in [5, 5.41) is 10.9. The number of aromatic nitrogens is 2.